The minimum absolute atomic E-state index is 0.243. The van der Waals surface area contributed by atoms with E-state index in [1.54, 1.807) is 11.3 Å². The summed E-state index contributed by atoms with van der Waals surface area (Å²) < 4.78 is 0. The van der Waals surface area contributed by atoms with Crippen LogP contribution in [0.25, 0.3) is 0 Å². The van der Waals surface area contributed by atoms with E-state index in [2.05, 4.69) is 24.1 Å². The molecule has 0 aliphatic heterocycles. The van der Waals surface area contributed by atoms with Gasteiger partial charge < -0.3 is 10.4 Å². The van der Waals surface area contributed by atoms with Crippen LogP contribution in [0, 0.1) is 5.92 Å². The number of hydrogen-bond donors (Lipinski definition) is 2. The van der Waals surface area contributed by atoms with E-state index in [0.717, 1.165) is 18.7 Å². The van der Waals surface area contributed by atoms with E-state index >= 15 is 0 Å². The Kier molecular flexibility index (Phi) is 5.07. The zero-order valence-corrected chi connectivity index (χ0v) is 9.55. The number of aliphatic hydroxyl groups excluding tert-OH is 1. The Morgan fingerprint density at radius 3 is 2.86 bits per heavy atom. The minimum atomic E-state index is 0.243. The van der Waals surface area contributed by atoms with Gasteiger partial charge in [0.05, 0.1) is 11.2 Å². The third kappa shape index (κ3) is 3.74. The van der Waals surface area contributed by atoms with Crippen LogP contribution in [0.5, 0.6) is 0 Å². The maximum atomic E-state index is 8.89. The second kappa shape index (κ2) is 6.11. The zero-order valence-electron chi connectivity index (χ0n) is 8.73. The van der Waals surface area contributed by atoms with Gasteiger partial charge in [0.2, 0.25) is 0 Å². The highest BCUT2D eigenvalue weighted by molar-refractivity contribution is 7.07. The Labute approximate surface area is 89.2 Å². The van der Waals surface area contributed by atoms with Gasteiger partial charge in [-0.3, -0.25) is 0 Å². The molecule has 0 aliphatic carbocycles. The Morgan fingerprint density at radius 2 is 2.36 bits per heavy atom. The molecule has 2 N–H and O–H groups in total. The maximum Gasteiger partial charge on any atom is 0.0795 e. The number of nitrogens with zero attached hydrogens (tertiary/aromatic N) is 1. The molecule has 1 atom stereocenters. The van der Waals surface area contributed by atoms with Crippen molar-refractivity contribution in [1.82, 2.24) is 10.3 Å². The highest BCUT2D eigenvalue weighted by Gasteiger charge is 2.11. The van der Waals surface area contributed by atoms with Gasteiger partial charge in [0.25, 0.3) is 0 Å². The van der Waals surface area contributed by atoms with Gasteiger partial charge in [-0.1, -0.05) is 13.8 Å². The highest BCUT2D eigenvalue weighted by Crippen LogP contribution is 2.07. The van der Waals surface area contributed by atoms with Crippen LogP contribution >= 0.6 is 11.3 Å². The van der Waals surface area contributed by atoms with Crippen molar-refractivity contribution >= 4 is 11.3 Å². The molecule has 0 fully saturated rings. The third-order valence-corrected chi connectivity index (χ3v) is 2.91. The van der Waals surface area contributed by atoms with Crippen molar-refractivity contribution in [2.45, 2.75) is 32.9 Å². The number of rotatable bonds is 6. The van der Waals surface area contributed by atoms with Crippen molar-refractivity contribution < 1.29 is 5.11 Å². The van der Waals surface area contributed by atoms with Crippen molar-refractivity contribution in [3.63, 3.8) is 0 Å². The van der Waals surface area contributed by atoms with Gasteiger partial charge in [0.1, 0.15) is 0 Å². The van der Waals surface area contributed by atoms with Crippen LogP contribution in [0.1, 0.15) is 26.0 Å². The molecule has 4 heteroatoms. The van der Waals surface area contributed by atoms with Gasteiger partial charge in [-0.25, -0.2) is 4.98 Å². The number of aliphatic hydroxyl groups is 1. The van der Waals surface area contributed by atoms with Crippen LogP contribution in [0.3, 0.4) is 0 Å². The second-order valence-electron chi connectivity index (χ2n) is 3.72. The van der Waals surface area contributed by atoms with E-state index in [1.807, 2.05) is 10.9 Å². The molecule has 3 nitrogen and oxygen atoms in total. The lowest BCUT2D eigenvalue weighted by atomic mass is 10.0. The lowest BCUT2D eigenvalue weighted by Gasteiger charge is -2.20. The van der Waals surface area contributed by atoms with Crippen molar-refractivity contribution in [2.75, 3.05) is 6.61 Å². The summed E-state index contributed by atoms with van der Waals surface area (Å²) in [6.07, 6.45) is 0.807. The molecule has 0 amide bonds. The largest absolute Gasteiger partial charge is 0.396 e. The summed E-state index contributed by atoms with van der Waals surface area (Å²) >= 11 is 1.61. The molecule has 80 valence electrons. The van der Waals surface area contributed by atoms with Crippen molar-refractivity contribution in [1.29, 1.82) is 0 Å². The first kappa shape index (κ1) is 11.6. The van der Waals surface area contributed by atoms with E-state index in [9.17, 15) is 0 Å². The van der Waals surface area contributed by atoms with Crippen LogP contribution in [0.2, 0.25) is 0 Å². The van der Waals surface area contributed by atoms with Crippen LogP contribution in [0.15, 0.2) is 10.9 Å². The molecule has 1 heterocycles. The van der Waals surface area contributed by atoms with Gasteiger partial charge in [-0.05, 0) is 12.3 Å². The maximum absolute atomic E-state index is 8.89. The van der Waals surface area contributed by atoms with E-state index in [-0.39, 0.29) is 6.61 Å². The molecule has 1 rings (SSSR count). The average Bonchev–Trinajstić information content (AvgIpc) is 2.64. The van der Waals surface area contributed by atoms with Gasteiger partial charge >= 0.3 is 0 Å². The Bertz CT molecular complexity index is 236. The zero-order chi connectivity index (χ0) is 10.4. The molecular weight excluding hydrogens is 196 g/mol. The predicted molar refractivity (Wildman–Crippen MR) is 59.3 cm³/mol. The molecule has 0 saturated heterocycles. The topological polar surface area (TPSA) is 45.1 Å². The standard InChI is InChI=1S/C10H18N2OS/c1-8(2)10(3-4-13)11-5-9-6-14-7-12-9/h6-8,10-11,13H,3-5H2,1-2H3. The van der Waals surface area contributed by atoms with Crippen LogP contribution in [0.4, 0.5) is 0 Å². The molecule has 0 bridgehead atoms. The molecule has 0 aromatic carbocycles. The van der Waals surface area contributed by atoms with Crippen LogP contribution < -0.4 is 5.32 Å². The molecule has 1 unspecified atom stereocenters. The van der Waals surface area contributed by atoms with E-state index in [0.29, 0.717) is 12.0 Å². The van der Waals surface area contributed by atoms with E-state index in [4.69, 9.17) is 5.11 Å². The fourth-order valence-corrected chi connectivity index (χ4v) is 1.93. The monoisotopic (exact) mass is 214 g/mol. The average molecular weight is 214 g/mol. The van der Waals surface area contributed by atoms with E-state index in [1.165, 1.54) is 0 Å². The first-order valence-electron chi connectivity index (χ1n) is 4.95. The fraction of sp³-hybridized carbons (Fsp3) is 0.700. The van der Waals surface area contributed by atoms with Crippen molar-refractivity contribution in [3.05, 3.63) is 16.6 Å². The highest BCUT2D eigenvalue weighted by atomic mass is 32.1. The predicted octanol–water partition coefficient (Wildman–Crippen LogP) is 1.64. The molecule has 0 radical (unpaired) electrons. The first-order chi connectivity index (χ1) is 6.74. The summed E-state index contributed by atoms with van der Waals surface area (Å²) in [7, 11) is 0. The third-order valence-electron chi connectivity index (χ3n) is 2.27. The number of nitrogens with one attached hydrogen (secondary N) is 1. The molecule has 1 aromatic heterocycles. The summed E-state index contributed by atoms with van der Waals surface area (Å²) in [5.74, 6) is 0.542. The number of thiazole rings is 1. The lowest BCUT2D eigenvalue weighted by molar-refractivity contribution is 0.243. The normalized spacial score (nSPS) is 13.4. The summed E-state index contributed by atoms with van der Waals surface area (Å²) in [5.41, 5.74) is 2.92. The molecule has 1 aromatic rings. The number of hydrogen-bond acceptors (Lipinski definition) is 4. The summed E-state index contributed by atoms with van der Waals surface area (Å²) in [4.78, 5) is 4.20. The Hall–Kier alpha value is -0.450. The Balaban J connectivity index is 2.33. The quantitative estimate of drug-likeness (QED) is 0.756. The summed E-state index contributed by atoms with van der Waals surface area (Å²) in [5, 5.41) is 14.3. The van der Waals surface area contributed by atoms with Crippen LogP contribution in [-0.2, 0) is 6.54 Å². The van der Waals surface area contributed by atoms with Crippen LogP contribution in [-0.4, -0.2) is 22.7 Å². The summed E-state index contributed by atoms with van der Waals surface area (Å²) in [6, 6.07) is 0.377. The van der Waals surface area contributed by atoms with Gasteiger partial charge in [-0.15, -0.1) is 11.3 Å². The molecule has 0 spiro atoms. The molecule has 0 aliphatic rings. The Morgan fingerprint density at radius 1 is 1.57 bits per heavy atom. The fourth-order valence-electron chi connectivity index (χ4n) is 1.37. The smallest absolute Gasteiger partial charge is 0.0795 e. The molecule has 14 heavy (non-hydrogen) atoms. The van der Waals surface area contributed by atoms with Crippen molar-refractivity contribution in [2.24, 2.45) is 5.92 Å². The van der Waals surface area contributed by atoms with E-state index < -0.39 is 0 Å². The SMILES string of the molecule is CC(C)C(CCO)NCc1cscn1. The van der Waals surface area contributed by atoms with Gasteiger partial charge in [-0.2, -0.15) is 0 Å². The molecule has 0 saturated carbocycles. The number of aromatic nitrogens is 1. The first-order valence-corrected chi connectivity index (χ1v) is 5.89. The van der Waals surface area contributed by atoms with Gasteiger partial charge in [0.15, 0.2) is 0 Å². The summed E-state index contributed by atoms with van der Waals surface area (Å²) in [6.45, 7) is 5.36. The lowest BCUT2D eigenvalue weighted by Crippen LogP contribution is -2.34. The minimum Gasteiger partial charge on any atom is -0.396 e. The van der Waals surface area contributed by atoms with Gasteiger partial charge in [0, 0.05) is 24.6 Å². The second-order valence-corrected chi connectivity index (χ2v) is 4.44. The molecular formula is C10H18N2OS. The van der Waals surface area contributed by atoms with Crippen molar-refractivity contribution in [3.8, 4) is 0 Å².